The Kier molecular flexibility index (Phi) is 6.42. The standard InChI is InChI=1S/C24H21N3O4S/c1-3-21-26-27-22(28)14-18(25-24(27)32-21)15-31-23(29)19(16-9-5-4-6-10-16)13-17-11-7-8-12-20(17)30-2/h4-14H,3,15H2,1-2H3/b19-13+. The number of aromatic nitrogens is 3. The van der Waals surface area contributed by atoms with Crippen LogP contribution in [0.4, 0.5) is 0 Å². The van der Waals surface area contributed by atoms with Crippen LogP contribution < -0.4 is 10.3 Å². The molecule has 0 bridgehead atoms. The smallest absolute Gasteiger partial charge is 0.339 e. The molecule has 0 amide bonds. The topological polar surface area (TPSA) is 82.8 Å². The number of benzene rings is 2. The average Bonchev–Trinajstić information content (AvgIpc) is 3.26. The summed E-state index contributed by atoms with van der Waals surface area (Å²) in [5.74, 6) is 0.119. The molecule has 162 valence electrons. The summed E-state index contributed by atoms with van der Waals surface area (Å²) in [5, 5.41) is 5.04. The summed E-state index contributed by atoms with van der Waals surface area (Å²) < 4.78 is 12.2. The lowest BCUT2D eigenvalue weighted by atomic mass is 10.0. The van der Waals surface area contributed by atoms with Gasteiger partial charge in [-0.25, -0.2) is 9.78 Å². The zero-order valence-corrected chi connectivity index (χ0v) is 18.5. The fraction of sp³-hybridized carbons (Fsp3) is 0.167. The molecular formula is C24H21N3O4S. The molecule has 2 aromatic carbocycles. The van der Waals surface area contributed by atoms with Crippen LogP contribution in [0.5, 0.6) is 5.75 Å². The van der Waals surface area contributed by atoms with E-state index in [2.05, 4.69) is 10.1 Å². The van der Waals surface area contributed by atoms with E-state index in [1.165, 1.54) is 21.9 Å². The van der Waals surface area contributed by atoms with Gasteiger partial charge in [0.05, 0.1) is 18.4 Å². The van der Waals surface area contributed by atoms with E-state index in [0.29, 0.717) is 34.0 Å². The molecule has 0 aliphatic carbocycles. The molecular weight excluding hydrogens is 426 g/mol. The van der Waals surface area contributed by atoms with E-state index in [4.69, 9.17) is 9.47 Å². The Morgan fingerprint density at radius 2 is 1.88 bits per heavy atom. The van der Waals surface area contributed by atoms with Crippen LogP contribution in [0.1, 0.15) is 28.8 Å². The number of hydrogen-bond donors (Lipinski definition) is 0. The molecule has 0 spiro atoms. The van der Waals surface area contributed by atoms with E-state index < -0.39 is 5.97 Å². The summed E-state index contributed by atoms with van der Waals surface area (Å²) in [6.07, 6.45) is 2.45. The highest BCUT2D eigenvalue weighted by molar-refractivity contribution is 7.16. The minimum absolute atomic E-state index is 0.125. The molecule has 0 aliphatic rings. The molecule has 0 unspecified atom stereocenters. The summed E-state index contributed by atoms with van der Waals surface area (Å²) in [5.41, 5.74) is 1.91. The van der Waals surface area contributed by atoms with Gasteiger partial charge in [-0.2, -0.15) is 9.61 Å². The van der Waals surface area contributed by atoms with Gasteiger partial charge < -0.3 is 9.47 Å². The summed E-state index contributed by atoms with van der Waals surface area (Å²) in [6, 6.07) is 18.0. The molecule has 0 radical (unpaired) electrons. The SMILES string of the molecule is CCc1nn2c(=O)cc(COC(=O)/C(=C/c3ccccc3OC)c3ccccc3)nc2s1. The maximum absolute atomic E-state index is 13.1. The number of methoxy groups -OCH3 is 1. The Balaban J connectivity index is 1.63. The Bertz CT molecular complexity index is 1340. The molecule has 0 aliphatic heterocycles. The van der Waals surface area contributed by atoms with Crippen molar-refractivity contribution in [3.05, 3.63) is 92.8 Å². The molecule has 0 atom stereocenters. The van der Waals surface area contributed by atoms with Gasteiger partial charge in [0.25, 0.3) is 5.56 Å². The number of para-hydroxylation sites is 1. The number of aryl methyl sites for hydroxylation is 1. The zero-order valence-electron chi connectivity index (χ0n) is 17.6. The molecule has 8 heteroatoms. The Hall–Kier alpha value is -3.78. The van der Waals surface area contributed by atoms with Crippen molar-refractivity contribution in [1.29, 1.82) is 0 Å². The van der Waals surface area contributed by atoms with Gasteiger partial charge in [0.2, 0.25) is 4.96 Å². The highest BCUT2D eigenvalue weighted by Crippen LogP contribution is 2.25. The lowest BCUT2D eigenvalue weighted by Gasteiger charge is -2.10. The normalized spacial score (nSPS) is 11.5. The Morgan fingerprint density at radius 3 is 2.62 bits per heavy atom. The van der Waals surface area contributed by atoms with Crippen LogP contribution in [-0.4, -0.2) is 27.7 Å². The number of hydrogen-bond acceptors (Lipinski definition) is 7. The van der Waals surface area contributed by atoms with E-state index in [1.54, 1.807) is 13.2 Å². The van der Waals surface area contributed by atoms with Gasteiger partial charge in [-0.05, 0) is 24.1 Å². The third kappa shape index (κ3) is 4.60. The van der Waals surface area contributed by atoms with E-state index in [-0.39, 0.29) is 12.2 Å². The second-order valence-electron chi connectivity index (χ2n) is 6.87. The van der Waals surface area contributed by atoms with Crippen molar-refractivity contribution in [3.8, 4) is 5.75 Å². The number of ether oxygens (including phenoxy) is 2. The van der Waals surface area contributed by atoms with Gasteiger partial charge >= 0.3 is 5.97 Å². The van der Waals surface area contributed by atoms with Crippen molar-refractivity contribution in [3.63, 3.8) is 0 Å². The van der Waals surface area contributed by atoms with Crippen LogP contribution in [0.15, 0.2) is 65.5 Å². The predicted molar refractivity (Wildman–Crippen MR) is 124 cm³/mol. The molecule has 0 N–H and O–H groups in total. The van der Waals surface area contributed by atoms with Crippen molar-refractivity contribution in [2.24, 2.45) is 0 Å². The van der Waals surface area contributed by atoms with Gasteiger partial charge in [0.15, 0.2) is 0 Å². The first-order chi connectivity index (χ1) is 15.6. The van der Waals surface area contributed by atoms with Crippen molar-refractivity contribution in [2.45, 2.75) is 20.0 Å². The van der Waals surface area contributed by atoms with Crippen LogP contribution in [0.3, 0.4) is 0 Å². The summed E-state index contributed by atoms with van der Waals surface area (Å²) in [6.45, 7) is 1.84. The third-order valence-corrected chi connectivity index (χ3v) is 5.79. The van der Waals surface area contributed by atoms with Gasteiger partial charge in [-0.15, -0.1) is 0 Å². The number of esters is 1. The first kappa shape index (κ1) is 21.5. The number of rotatable bonds is 7. The van der Waals surface area contributed by atoms with Crippen molar-refractivity contribution >= 4 is 33.9 Å². The Morgan fingerprint density at radius 1 is 1.12 bits per heavy atom. The molecule has 2 heterocycles. The summed E-state index contributed by atoms with van der Waals surface area (Å²) in [7, 11) is 1.58. The average molecular weight is 448 g/mol. The van der Waals surface area contributed by atoms with E-state index in [1.807, 2.05) is 61.5 Å². The van der Waals surface area contributed by atoms with Crippen LogP contribution in [-0.2, 0) is 22.6 Å². The largest absolute Gasteiger partial charge is 0.496 e. The zero-order chi connectivity index (χ0) is 22.5. The lowest BCUT2D eigenvalue weighted by molar-refractivity contribution is -0.137. The molecule has 0 fully saturated rings. The molecule has 7 nitrogen and oxygen atoms in total. The van der Waals surface area contributed by atoms with Crippen LogP contribution in [0.25, 0.3) is 16.6 Å². The Labute approximate surface area is 188 Å². The van der Waals surface area contributed by atoms with Crippen LogP contribution >= 0.6 is 11.3 Å². The molecule has 2 aromatic heterocycles. The molecule has 4 aromatic rings. The second-order valence-corrected chi connectivity index (χ2v) is 7.91. The van der Waals surface area contributed by atoms with Crippen LogP contribution in [0.2, 0.25) is 0 Å². The molecule has 0 saturated carbocycles. The first-order valence-corrected chi connectivity index (χ1v) is 10.9. The van der Waals surface area contributed by atoms with Gasteiger partial charge in [0.1, 0.15) is 17.4 Å². The quantitative estimate of drug-likeness (QED) is 0.242. The first-order valence-electron chi connectivity index (χ1n) is 10.0. The fourth-order valence-electron chi connectivity index (χ4n) is 3.15. The van der Waals surface area contributed by atoms with E-state index >= 15 is 0 Å². The molecule has 4 rings (SSSR count). The third-order valence-electron chi connectivity index (χ3n) is 4.74. The number of fused-ring (bicyclic) bond motifs is 1. The van der Waals surface area contributed by atoms with Crippen molar-refractivity contribution in [2.75, 3.05) is 7.11 Å². The molecule has 32 heavy (non-hydrogen) atoms. The van der Waals surface area contributed by atoms with Gasteiger partial charge in [0, 0.05) is 11.6 Å². The summed E-state index contributed by atoms with van der Waals surface area (Å²) >= 11 is 1.34. The maximum Gasteiger partial charge on any atom is 0.339 e. The number of nitrogens with zero attached hydrogens (tertiary/aromatic N) is 3. The van der Waals surface area contributed by atoms with Crippen molar-refractivity contribution < 1.29 is 14.3 Å². The summed E-state index contributed by atoms with van der Waals surface area (Å²) in [4.78, 5) is 30.3. The molecule has 0 saturated heterocycles. The lowest BCUT2D eigenvalue weighted by Crippen LogP contribution is -2.17. The van der Waals surface area contributed by atoms with Gasteiger partial charge in [-0.1, -0.05) is 66.8 Å². The second kappa shape index (κ2) is 9.57. The fourth-order valence-corrected chi connectivity index (χ4v) is 4.01. The minimum Gasteiger partial charge on any atom is -0.496 e. The maximum atomic E-state index is 13.1. The van der Waals surface area contributed by atoms with E-state index in [0.717, 1.165) is 10.6 Å². The van der Waals surface area contributed by atoms with Crippen molar-refractivity contribution in [1.82, 2.24) is 14.6 Å². The highest BCUT2D eigenvalue weighted by Gasteiger charge is 2.16. The van der Waals surface area contributed by atoms with Gasteiger partial charge in [-0.3, -0.25) is 4.79 Å². The monoisotopic (exact) mass is 447 g/mol. The number of carbonyl (C=O) groups is 1. The van der Waals surface area contributed by atoms with Crippen LogP contribution in [0, 0.1) is 0 Å². The predicted octanol–water partition coefficient (Wildman–Crippen LogP) is 4.01. The number of carbonyl (C=O) groups excluding carboxylic acids is 1. The van der Waals surface area contributed by atoms with E-state index in [9.17, 15) is 9.59 Å². The minimum atomic E-state index is -0.525. The highest BCUT2D eigenvalue weighted by atomic mass is 32.1.